The average Bonchev–Trinajstić information content (AvgIpc) is 2.10. The predicted molar refractivity (Wildman–Crippen MR) is 57.1 cm³/mol. The van der Waals surface area contributed by atoms with E-state index in [0.717, 1.165) is 5.92 Å². The molecule has 0 spiro atoms. The predicted octanol–water partition coefficient (Wildman–Crippen LogP) is 1.72. The molecule has 0 aromatic carbocycles. The molecular weight excluding hydrogens is 168 g/mol. The third-order valence-electron chi connectivity index (χ3n) is 2.50. The molecule has 0 atom stereocenters. The molecule has 0 aromatic heterocycles. The van der Waals surface area contributed by atoms with Crippen molar-refractivity contribution < 1.29 is 0 Å². The van der Waals surface area contributed by atoms with Crippen molar-refractivity contribution >= 4 is 16.8 Å². The van der Waals surface area contributed by atoms with Crippen LogP contribution >= 0.6 is 11.8 Å². The lowest BCUT2D eigenvalue weighted by Crippen LogP contribution is -2.32. The van der Waals surface area contributed by atoms with Crippen LogP contribution < -0.4 is 0 Å². The van der Waals surface area contributed by atoms with Crippen molar-refractivity contribution in [2.75, 3.05) is 33.4 Å². The summed E-state index contributed by atoms with van der Waals surface area (Å²) in [5.41, 5.74) is 0. The van der Waals surface area contributed by atoms with Crippen LogP contribution in [0.5, 0.6) is 0 Å². The van der Waals surface area contributed by atoms with Crippen LogP contribution in [0.1, 0.15) is 12.8 Å². The molecule has 1 rings (SSSR count). The van der Waals surface area contributed by atoms with E-state index in [9.17, 15) is 0 Å². The standard InChI is InChI=1S/C9H18N2S/c1-10-9(12-3)8-4-6-11(2)7-5-8/h8H,4-7H2,1-3H3. The van der Waals surface area contributed by atoms with E-state index in [1.807, 2.05) is 18.8 Å². The Morgan fingerprint density at radius 1 is 1.42 bits per heavy atom. The Bertz CT molecular complexity index is 160. The summed E-state index contributed by atoms with van der Waals surface area (Å²) in [7, 11) is 4.10. The summed E-state index contributed by atoms with van der Waals surface area (Å²) in [5, 5.41) is 1.34. The molecular formula is C9H18N2S. The number of piperidine rings is 1. The minimum atomic E-state index is 0.737. The van der Waals surface area contributed by atoms with E-state index in [1.165, 1.54) is 31.0 Å². The molecule has 1 heterocycles. The largest absolute Gasteiger partial charge is 0.306 e. The summed E-state index contributed by atoms with van der Waals surface area (Å²) < 4.78 is 0. The lowest BCUT2D eigenvalue weighted by Gasteiger charge is -2.29. The minimum Gasteiger partial charge on any atom is -0.306 e. The molecule has 0 aliphatic carbocycles. The van der Waals surface area contributed by atoms with Crippen molar-refractivity contribution in [1.29, 1.82) is 0 Å². The summed E-state index contributed by atoms with van der Waals surface area (Å²) in [6.45, 7) is 2.45. The summed E-state index contributed by atoms with van der Waals surface area (Å²) in [4.78, 5) is 6.71. The molecule has 70 valence electrons. The third kappa shape index (κ3) is 2.49. The van der Waals surface area contributed by atoms with Gasteiger partial charge in [0, 0.05) is 13.0 Å². The van der Waals surface area contributed by atoms with Gasteiger partial charge < -0.3 is 4.90 Å². The fourth-order valence-electron chi connectivity index (χ4n) is 1.70. The fraction of sp³-hybridized carbons (Fsp3) is 0.889. The fourth-order valence-corrected chi connectivity index (χ4v) is 2.45. The molecule has 12 heavy (non-hydrogen) atoms. The molecule has 0 N–H and O–H groups in total. The maximum atomic E-state index is 4.32. The Kier molecular flexibility index (Phi) is 4.09. The van der Waals surface area contributed by atoms with E-state index < -0.39 is 0 Å². The van der Waals surface area contributed by atoms with E-state index in [4.69, 9.17) is 0 Å². The SMILES string of the molecule is CN=C(SC)C1CCN(C)CC1. The summed E-state index contributed by atoms with van der Waals surface area (Å²) in [6, 6.07) is 0. The lowest BCUT2D eigenvalue weighted by atomic mass is 9.98. The second-order valence-corrected chi connectivity index (χ2v) is 4.17. The minimum absolute atomic E-state index is 0.737. The first-order chi connectivity index (χ1) is 5.77. The van der Waals surface area contributed by atoms with E-state index in [0.29, 0.717) is 0 Å². The number of hydrogen-bond acceptors (Lipinski definition) is 3. The van der Waals surface area contributed by atoms with Crippen molar-refractivity contribution in [2.45, 2.75) is 12.8 Å². The number of rotatable bonds is 1. The molecule has 0 unspecified atom stereocenters. The van der Waals surface area contributed by atoms with E-state index in [2.05, 4.69) is 23.2 Å². The van der Waals surface area contributed by atoms with Gasteiger partial charge in [-0.2, -0.15) is 0 Å². The van der Waals surface area contributed by atoms with Gasteiger partial charge in [-0.25, -0.2) is 0 Å². The number of aliphatic imine (C=N–C) groups is 1. The van der Waals surface area contributed by atoms with Crippen molar-refractivity contribution in [3.63, 3.8) is 0 Å². The number of hydrogen-bond donors (Lipinski definition) is 0. The Hall–Kier alpha value is -0.0200. The number of thioether (sulfide) groups is 1. The Labute approximate surface area is 79.4 Å². The monoisotopic (exact) mass is 186 g/mol. The molecule has 2 nitrogen and oxygen atoms in total. The van der Waals surface area contributed by atoms with Gasteiger partial charge in [0.25, 0.3) is 0 Å². The average molecular weight is 186 g/mol. The van der Waals surface area contributed by atoms with Crippen molar-refractivity contribution in [2.24, 2.45) is 10.9 Å². The zero-order chi connectivity index (χ0) is 8.97. The van der Waals surface area contributed by atoms with Gasteiger partial charge in [-0.15, -0.1) is 11.8 Å². The van der Waals surface area contributed by atoms with Crippen LogP contribution in [0.15, 0.2) is 4.99 Å². The molecule has 0 bridgehead atoms. The first-order valence-corrected chi connectivity index (χ1v) is 5.69. The molecule has 0 aromatic rings. The van der Waals surface area contributed by atoms with Gasteiger partial charge in [0.2, 0.25) is 0 Å². The van der Waals surface area contributed by atoms with Crippen LogP contribution in [0.3, 0.4) is 0 Å². The van der Waals surface area contributed by atoms with Crippen molar-refractivity contribution in [1.82, 2.24) is 4.90 Å². The summed E-state index contributed by atoms with van der Waals surface area (Å²) in [6.07, 6.45) is 4.69. The maximum Gasteiger partial charge on any atom is 0.0701 e. The molecule has 0 radical (unpaired) electrons. The topological polar surface area (TPSA) is 15.6 Å². The summed E-state index contributed by atoms with van der Waals surface area (Å²) >= 11 is 1.81. The van der Waals surface area contributed by atoms with Crippen molar-refractivity contribution in [3.05, 3.63) is 0 Å². The van der Waals surface area contributed by atoms with Crippen LogP contribution in [-0.4, -0.2) is 43.4 Å². The highest BCUT2D eigenvalue weighted by molar-refractivity contribution is 8.13. The smallest absolute Gasteiger partial charge is 0.0701 e. The highest BCUT2D eigenvalue weighted by Crippen LogP contribution is 2.22. The first kappa shape index (κ1) is 10.1. The van der Waals surface area contributed by atoms with E-state index >= 15 is 0 Å². The molecule has 1 aliphatic rings. The number of nitrogens with zero attached hydrogens (tertiary/aromatic N) is 2. The van der Waals surface area contributed by atoms with Gasteiger partial charge in [0.1, 0.15) is 0 Å². The van der Waals surface area contributed by atoms with Gasteiger partial charge in [0.05, 0.1) is 5.04 Å². The van der Waals surface area contributed by atoms with Crippen LogP contribution in [0.4, 0.5) is 0 Å². The van der Waals surface area contributed by atoms with Crippen molar-refractivity contribution in [3.8, 4) is 0 Å². The van der Waals surface area contributed by atoms with Gasteiger partial charge in [0.15, 0.2) is 0 Å². The van der Waals surface area contributed by atoms with Crippen LogP contribution in [0, 0.1) is 5.92 Å². The zero-order valence-electron chi connectivity index (χ0n) is 8.21. The Morgan fingerprint density at radius 3 is 2.42 bits per heavy atom. The van der Waals surface area contributed by atoms with Gasteiger partial charge >= 0.3 is 0 Å². The zero-order valence-corrected chi connectivity index (χ0v) is 9.02. The highest BCUT2D eigenvalue weighted by atomic mass is 32.2. The molecule has 0 saturated carbocycles. The second-order valence-electron chi connectivity index (χ2n) is 3.34. The maximum absolute atomic E-state index is 4.32. The lowest BCUT2D eigenvalue weighted by molar-refractivity contribution is 0.253. The number of likely N-dealkylation sites (tertiary alicyclic amines) is 1. The first-order valence-electron chi connectivity index (χ1n) is 4.47. The molecule has 1 saturated heterocycles. The van der Waals surface area contributed by atoms with Crippen LogP contribution in [0.2, 0.25) is 0 Å². The van der Waals surface area contributed by atoms with Gasteiger partial charge in [-0.1, -0.05) is 0 Å². The Balaban J connectivity index is 2.43. The normalized spacial score (nSPS) is 23.1. The summed E-state index contributed by atoms with van der Waals surface area (Å²) in [5.74, 6) is 0.737. The molecule has 3 heteroatoms. The highest BCUT2D eigenvalue weighted by Gasteiger charge is 2.20. The molecule has 1 aliphatic heterocycles. The van der Waals surface area contributed by atoms with E-state index in [-0.39, 0.29) is 0 Å². The third-order valence-corrected chi connectivity index (χ3v) is 3.43. The second kappa shape index (κ2) is 4.87. The van der Waals surface area contributed by atoms with Gasteiger partial charge in [-0.3, -0.25) is 4.99 Å². The molecule has 0 amide bonds. The van der Waals surface area contributed by atoms with Crippen LogP contribution in [-0.2, 0) is 0 Å². The Morgan fingerprint density at radius 2 is 2.00 bits per heavy atom. The molecule has 1 fully saturated rings. The van der Waals surface area contributed by atoms with Crippen LogP contribution in [0.25, 0.3) is 0 Å². The van der Waals surface area contributed by atoms with Gasteiger partial charge in [-0.05, 0) is 39.2 Å². The van der Waals surface area contributed by atoms with E-state index in [1.54, 1.807) is 0 Å². The quantitative estimate of drug-likeness (QED) is 0.458.